The first-order valence-electron chi connectivity index (χ1n) is 6.20. The second-order valence-electron chi connectivity index (χ2n) is 4.95. The number of rotatable bonds is 7. The normalized spacial score (nSPS) is 11.1. The topological polar surface area (TPSA) is 51.8 Å². The summed E-state index contributed by atoms with van der Waals surface area (Å²) in [6, 6.07) is 3.80. The molecule has 0 spiro atoms. The van der Waals surface area contributed by atoms with Gasteiger partial charge in [-0.25, -0.2) is 0 Å². The molecule has 0 saturated carbocycles. The molecule has 108 valence electrons. The van der Waals surface area contributed by atoms with Gasteiger partial charge in [-0.1, -0.05) is 0 Å². The van der Waals surface area contributed by atoms with Gasteiger partial charge in [-0.05, 0) is 20.9 Å². The third kappa shape index (κ3) is 3.92. The van der Waals surface area contributed by atoms with Crippen molar-refractivity contribution in [1.29, 1.82) is 0 Å². The molecule has 0 aliphatic heterocycles. The fourth-order valence-electron chi connectivity index (χ4n) is 2.03. The molecule has 0 aromatic heterocycles. The summed E-state index contributed by atoms with van der Waals surface area (Å²) >= 11 is 0. The molecular formula is C14H24N2O3. The van der Waals surface area contributed by atoms with Gasteiger partial charge in [0.05, 0.1) is 21.3 Å². The van der Waals surface area contributed by atoms with Crippen LogP contribution in [0.3, 0.4) is 0 Å². The molecule has 0 bridgehead atoms. The summed E-state index contributed by atoms with van der Waals surface area (Å²) in [5.74, 6) is 1.89. The van der Waals surface area contributed by atoms with Crippen molar-refractivity contribution in [3.8, 4) is 17.2 Å². The maximum Gasteiger partial charge on any atom is 0.203 e. The van der Waals surface area contributed by atoms with Gasteiger partial charge in [0.2, 0.25) is 5.75 Å². The van der Waals surface area contributed by atoms with E-state index in [4.69, 9.17) is 14.2 Å². The van der Waals surface area contributed by atoms with E-state index in [0.29, 0.717) is 17.2 Å². The average Bonchev–Trinajstić information content (AvgIpc) is 2.36. The van der Waals surface area contributed by atoms with Crippen LogP contribution < -0.4 is 24.8 Å². The van der Waals surface area contributed by atoms with Gasteiger partial charge in [-0.3, -0.25) is 0 Å². The van der Waals surface area contributed by atoms with E-state index in [2.05, 4.69) is 24.5 Å². The molecule has 5 heteroatoms. The van der Waals surface area contributed by atoms with Crippen molar-refractivity contribution in [1.82, 2.24) is 5.32 Å². The number of ether oxygens (including phenoxy) is 3. The second kappa shape index (κ2) is 6.52. The Morgan fingerprint density at radius 3 is 1.89 bits per heavy atom. The number of methoxy groups -OCH3 is 3. The summed E-state index contributed by atoms with van der Waals surface area (Å²) < 4.78 is 16.0. The van der Waals surface area contributed by atoms with Gasteiger partial charge in [0.1, 0.15) is 0 Å². The first kappa shape index (κ1) is 15.4. The van der Waals surface area contributed by atoms with Crippen LogP contribution in [-0.2, 0) is 0 Å². The monoisotopic (exact) mass is 268 g/mol. The van der Waals surface area contributed by atoms with E-state index in [1.165, 1.54) is 0 Å². The molecule has 2 N–H and O–H groups in total. The summed E-state index contributed by atoms with van der Waals surface area (Å²) in [5, 5.41) is 6.60. The number of nitrogens with one attached hydrogen (secondary N) is 2. The van der Waals surface area contributed by atoms with E-state index < -0.39 is 0 Å². The van der Waals surface area contributed by atoms with Crippen LogP contribution in [0.15, 0.2) is 12.1 Å². The molecule has 0 aliphatic carbocycles. The zero-order valence-electron chi connectivity index (χ0n) is 12.6. The lowest BCUT2D eigenvalue weighted by molar-refractivity contribution is 0.324. The lowest BCUT2D eigenvalue weighted by Gasteiger charge is -2.28. The van der Waals surface area contributed by atoms with Crippen LogP contribution in [0, 0.1) is 0 Å². The van der Waals surface area contributed by atoms with Crippen LogP contribution in [0.4, 0.5) is 5.69 Å². The van der Waals surface area contributed by atoms with E-state index in [0.717, 1.165) is 12.2 Å². The van der Waals surface area contributed by atoms with E-state index in [-0.39, 0.29) is 5.54 Å². The third-order valence-corrected chi connectivity index (χ3v) is 2.77. The largest absolute Gasteiger partial charge is 0.493 e. The van der Waals surface area contributed by atoms with Crippen molar-refractivity contribution in [2.45, 2.75) is 19.4 Å². The summed E-state index contributed by atoms with van der Waals surface area (Å²) in [6.07, 6.45) is 0. The van der Waals surface area contributed by atoms with Gasteiger partial charge >= 0.3 is 0 Å². The van der Waals surface area contributed by atoms with Crippen molar-refractivity contribution in [3.05, 3.63) is 12.1 Å². The highest BCUT2D eigenvalue weighted by atomic mass is 16.5. The Hall–Kier alpha value is -1.62. The molecule has 0 unspecified atom stereocenters. The summed E-state index contributed by atoms with van der Waals surface area (Å²) in [7, 11) is 6.75. The number of likely N-dealkylation sites (N-methyl/N-ethyl adjacent to an activating group) is 1. The SMILES string of the molecule is CNCC(C)(C)Nc1cc(OC)c(OC)c(OC)c1. The minimum atomic E-state index is -0.0840. The van der Waals surface area contributed by atoms with E-state index in [9.17, 15) is 0 Å². The highest BCUT2D eigenvalue weighted by Gasteiger charge is 2.19. The molecule has 1 rings (SSSR count). The quantitative estimate of drug-likeness (QED) is 0.793. The first-order valence-corrected chi connectivity index (χ1v) is 6.20. The molecular weight excluding hydrogens is 244 g/mol. The van der Waals surface area contributed by atoms with Crippen molar-refractivity contribution in [2.75, 3.05) is 40.2 Å². The fourth-order valence-corrected chi connectivity index (χ4v) is 2.03. The van der Waals surface area contributed by atoms with Crippen molar-refractivity contribution >= 4 is 5.69 Å². The van der Waals surface area contributed by atoms with Gasteiger partial charge in [-0.2, -0.15) is 0 Å². The van der Waals surface area contributed by atoms with Crippen molar-refractivity contribution in [3.63, 3.8) is 0 Å². The molecule has 0 saturated heterocycles. The van der Waals surface area contributed by atoms with Gasteiger partial charge < -0.3 is 24.8 Å². The smallest absolute Gasteiger partial charge is 0.203 e. The van der Waals surface area contributed by atoms with Crippen LogP contribution in [0.2, 0.25) is 0 Å². The molecule has 5 nitrogen and oxygen atoms in total. The Balaban J connectivity index is 3.09. The lowest BCUT2D eigenvalue weighted by Crippen LogP contribution is -2.40. The number of hydrogen-bond donors (Lipinski definition) is 2. The Kier molecular flexibility index (Phi) is 5.30. The number of anilines is 1. The molecule has 0 radical (unpaired) electrons. The Bertz CT molecular complexity index is 394. The molecule has 0 atom stereocenters. The fraction of sp³-hybridized carbons (Fsp3) is 0.571. The van der Waals surface area contributed by atoms with Crippen LogP contribution in [0.5, 0.6) is 17.2 Å². The zero-order valence-corrected chi connectivity index (χ0v) is 12.6. The number of benzene rings is 1. The van der Waals surface area contributed by atoms with Gasteiger partial charge in [0.25, 0.3) is 0 Å². The summed E-state index contributed by atoms with van der Waals surface area (Å²) in [5.41, 5.74) is 0.842. The second-order valence-corrected chi connectivity index (χ2v) is 4.95. The predicted octanol–water partition coefficient (Wildman–Crippen LogP) is 2.12. The molecule has 0 amide bonds. The van der Waals surface area contributed by atoms with Gasteiger partial charge in [0, 0.05) is 29.9 Å². The van der Waals surface area contributed by atoms with E-state index >= 15 is 0 Å². The van der Waals surface area contributed by atoms with Crippen LogP contribution in [0.25, 0.3) is 0 Å². The molecule has 0 fully saturated rings. The lowest BCUT2D eigenvalue weighted by atomic mass is 10.1. The summed E-state index contributed by atoms with van der Waals surface area (Å²) in [6.45, 7) is 5.07. The molecule has 19 heavy (non-hydrogen) atoms. The third-order valence-electron chi connectivity index (χ3n) is 2.77. The maximum atomic E-state index is 5.33. The minimum absolute atomic E-state index is 0.0840. The average molecular weight is 268 g/mol. The molecule has 1 aromatic rings. The zero-order chi connectivity index (χ0) is 14.5. The predicted molar refractivity (Wildman–Crippen MR) is 77.7 cm³/mol. The molecule has 0 aliphatic rings. The minimum Gasteiger partial charge on any atom is -0.493 e. The Morgan fingerprint density at radius 1 is 1.00 bits per heavy atom. The van der Waals surface area contributed by atoms with E-state index in [1.54, 1.807) is 21.3 Å². The standard InChI is InChI=1S/C14H24N2O3/c1-14(2,9-15-3)16-10-7-11(17-4)13(19-6)12(8-10)18-5/h7-8,15-16H,9H2,1-6H3. The van der Waals surface area contributed by atoms with Crippen molar-refractivity contribution in [2.24, 2.45) is 0 Å². The maximum absolute atomic E-state index is 5.33. The number of hydrogen-bond acceptors (Lipinski definition) is 5. The van der Waals surface area contributed by atoms with Gasteiger partial charge in [-0.15, -0.1) is 0 Å². The van der Waals surface area contributed by atoms with Crippen LogP contribution >= 0.6 is 0 Å². The molecule has 1 aromatic carbocycles. The van der Waals surface area contributed by atoms with Crippen LogP contribution in [0.1, 0.15) is 13.8 Å². The highest BCUT2D eigenvalue weighted by molar-refractivity contribution is 5.63. The van der Waals surface area contributed by atoms with E-state index in [1.807, 2.05) is 19.2 Å². The van der Waals surface area contributed by atoms with Gasteiger partial charge in [0.15, 0.2) is 11.5 Å². The Labute approximate surface area is 115 Å². The Morgan fingerprint density at radius 2 is 1.53 bits per heavy atom. The highest BCUT2D eigenvalue weighted by Crippen LogP contribution is 2.40. The van der Waals surface area contributed by atoms with Crippen molar-refractivity contribution < 1.29 is 14.2 Å². The summed E-state index contributed by atoms with van der Waals surface area (Å²) in [4.78, 5) is 0. The first-order chi connectivity index (χ1) is 8.97. The molecule has 0 heterocycles. The van der Waals surface area contributed by atoms with Crippen LogP contribution in [-0.4, -0.2) is 40.5 Å².